The second kappa shape index (κ2) is 9.17. The quantitative estimate of drug-likeness (QED) is 0.446. The molecule has 3 N–H and O–H groups in total. The predicted molar refractivity (Wildman–Crippen MR) is 125 cm³/mol. The molecule has 1 saturated heterocycles. The first-order chi connectivity index (χ1) is 16.2. The fraction of sp³-hybridized carbons (Fsp3) is 0.320. The Hall–Kier alpha value is -3.88. The fourth-order valence-electron chi connectivity index (χ4n) is 3.83. The summed E-state index contributed by atoms with van der Waals surface area (Å²) >= 11 is 0. The Labute approximate surface area is 197 Å². The van der Waals surface area contributed by atoms with E-state index in [1.165, 1.54) is 36.5 Å². The lowest BCUT2D eigenvalue weighted by molar-refractivity contribution is 0.0649. The van der Waals surface area contributed by atoms with E-state index >= 15 is 0 Å². The molecule has 178 valence electrons. The summed E-state index contributed by atoms with van der Waals surface area (Å²) in [6.07, 6.45) is 4.36. The smallest absolute Gasteiger partial charge is 0.257 e. The van der Waals surface area contributed by atoms with Crippen LogP contribution < -0.4 is 20.1 Å². The first-order valence-corrected chi connectivity index (χ1v) is 11.0. The van der Waals surface area contributed by atoms with E-state index < -0.39 is 17.3 Å². The van der Waals surface area contributed by atoms with Crippen molar-refractivity contribution in [3.63, 3.8) is 0 Å². The molecule has 4 rings (SSSR count). The van der Waals surface area contributed by atoms with E-state index in [1.54, 1.807) is 18.0 Å². The lowest BCUT2D eigenvalue weighted by atomic mass is 9.99. The van der Waals surface area contributed by atoms with Crippen LogP contribution in [0.5, 0.6) is 17.2 Å². The molecule has 0 unspecified atom stereocenters. The molecule has 9 heteroatoms. The summed E-state index contributed by atoms with van der Waals surface area (Å²) in [4.78, 5) is 27.4. The highest BCUT2D eigenvalue weighted by molar-refractivity contribution is 6.09. The van der Waals surface area contributed by atoms with Crippen molar-refractivity contribution < 1.29 is 23.5 Å². The van der Waals surface area contributed by atoms with Gasteiger partial charge in [0.2, 0.25) is 0 Å². The molecule has 0 atom stereocenters. The molecule has 0 aromatic heterocycles. The molecule has 34 heavy (non-hydrogen) atoms. The minimum Gasteiger partial charge on any atom is -0.487 e. The van der Waals surface area contributed by atoms with Crippen molar-refractivity contribution in [3.8, 4) is 17.2 Å². The molecule has 0 bridgehead atoms. The van der Waals surface area contributed by atoms with Gasteiger partial charge < -0.3 is 25.0 Å². The molecular formula is C25H27FN4O4. The van der Waals surface area contributed by atoms with E-state index in [-0.39, 0.29) is 28.6 Å². The topological polar surface area (TPSA) is 104 Å². The number of ether oxygens (including phenoxy) is 2. The van der Waals surface area contributed by atoms with Gasteiger partial charge in [0, 0.05) is 43.8 Å². The van der Waals surface area contributed by atoms with Crippen molar-refractivity contribution in [1.82, 2.24) is 15.5 Å². The molecule has 0 saturated carbocycles. The molecule has 2 aliphatic heterocycles. The monoisotopic (exact) mass is 466 g/mol. The number of nitrogens with one attached hydrogen (secondary N) is 3. The van der Waals surface area contributed by atoms with Crippen molar-refractivity contribution in [2.45, 2.75) is 32.3 Å². The van der Waals surface area contributed by atoms with Crippen LogP contribution in [0.1, 0.15) is 46.5 Å². The first kappa shape index (κ1) is 23.3. The van der Waals surface area contributed by atoms with Crippen LogP contribution in [0.4, 0.5) is 4.39 Å². The van der Waals surface area contributed by atoms with Gasteiger partial charge in [0.25, 0.3) is 11.8 Å². The molecule has 8 nitrogen and oxygen atoms in total. The Balaban J connectivity index is 1.70. The number of likely N-dealkylation sites (tertiary alicyclic amines) is 1. The molecule has 0 aliphatic carbocycles. The SMILES string of the molecule is CN/C=C\C(=N)NC(=O)c1cc(Oc2cc(F)ccc2C(=O)N2CCC2)c2c(c1)OC(C)(C)C2. The van der Waals surface area contributed by atoms with Gasteiger partial charge in [-0.25, -0.2) is 4.39 Å². The maximum atomic E-state index is 14.1. The van der Waals surface area contributed by atoms with Crippen LogP contribution in [-0.2, 0) is 6.42 Å². The average Bonchev–Trinajstić information content (AvgIpc) is 3.05. The highest BCUT2D eigenvalue weighted by atomic mass is 19.1. The summed E-state index contributed by atoms with van der Waals surface area (Å²) in [6, 6.07) is 6.93. The summed E-state index contributed by atoms with van der Waals surface area (Å²) in [6.45, 7) is 5.12. The number of nitrogens with zero attached hydrogens (tertiary/aromatic N) is 1. The molecule has 2 heterocycles. The number of carbonyl (C=O) groups is 2. The van der Waals surface area contributed by atoms with Crippen molar-refractivity contribution in [2.75, 3.05) is 20.1 Å². The van der Waals surface area contributed by atoms with Crippen LogP contribution in [0.15, 0.2) is 42.6 Å². The maximum absolute atomic E-state index is 14.1. The minimum absolute atomic E-state index is 0.0751. The Morgan fingerprint density at radius 2 is 1.97 bits per heavy atom. The zero-order chi connectivity index (χ0) is 24.5. The molecule has 1 fully saturated rings. The van der Waals surface area contributed by atoms with Gasteiger partial charge in [-0.2, -0.15) is 0 Å². The van der Waals surface area contributed by atoms with Crippen LogP contribution in [0.25, 0.3) is 0 Å². The zero-order valence-electron chi connectivity index (χ0n) is 19.3. The van der Waals surface area contributed by atoms with Gasteiger partial charge in [-0.15, -0.1) is 0 Å². The third-order valence-corrected chi connectivity index (χ3v) is 5.62. The van der Waals surface area contributed by atoms with Gasteiger partial charge in [0.05, 0.1) is 5.56 Å². The predicted octanol–water partition coefficient (Wildman–Crippen LogP) is 3.62. The summed E-state index contributed by atoms with van der Waals surface area (Å²) in [7, 11) is 1.68. The van der Waals surface area contributed by atoms with Crippen LogP contribution in [0.3, 0.4) is 0 Å². The Kier molecular flexibility index (Phi) is 6.28. The largest absolute Gasteiger partial charge is 0.487 e. The van der Waals surface area contributed by atoms with E-state index in [9.17, 15) is 14.0 Å². The van der Waals surface area contributed by atoms with E-state index in [0.29, 0.717) is 31.0 Å². The molecule has 2 amide bonds. The zero-order valence-corrected chi connectivity index (χ0v) is 19.3. The van der Waals surface area contributed by atoms with Gasteiger partial charge in [0.1, 0.15) is 34.5 Å². The lowest BCUT2D eigenvalue weighted by Crippen LogP contribution is -2.42. The number of amidine groups is 1. The van der Waals surface area contributed by atoms with Crippen molar-refractivity contribution in [1.29, 1.82) is 5.41 Å². The molecule has 0 radical (unpaired) electrons. The van der Waals surface area contributed by atoms with Crippen LogP contribution in [0.2, 0.25) is 0 Å². The minimum atomic E-state index is -0.540. The van der Waals surface area contributed by atoms with Crippen molar-refractivity contribution in [3.05, 3.63) is 65.1 Å². The van der Waals surface area contributed by atoms with Gasteiger partial charge in [-0.05, 0) is 56.8 Å². The number of carbonyl (C=O) groups excluding carboxylic acids is 2. The normalized spacial score (nSPS) is 15.8. The summed E-state index contributed by atoms with van der Waals surface area (Å²) < 4.78 is 26.2. The maximum Gasteiger partial charge on any atom is 0.257 e. The highest BCUT2D eigenvalue weighted by Gasteiger charge is 2.34. The number of hydrogen-bond acceptors (Lipinski definition) is 6. The van der Waals surface area contributed by atoms with Crippen molar-refractivity contribution >= 4 is 17.6 Å². The number of fused-ring (bicyclic) bond motifs is 1. The fourth-order valence-corrected chi connectivity index (χ4v) is 3.83. The standard InChI is InChI=1S/C25H27FN4O4/c1-25(2)14-18-19(11-15(12-21(18)34-25)23(31)29-22(27)7-8-28-3)33-20-13-16(26)5-6-17(20)24(32)30-9-4-10-30/h5-8,11-13,28H,4,9-10,14H2,1-3H3,(H2,27,29,31)/b8-7-. The summed E-state index contributed by atoms with van der Waals surface area (Å²) in [5.74, 6) is -0.550. The van der Waals surface area contributed by atoms with E-state index in [0.717, 1.165) is 12.0 Å². The third-order valence-electron chi connectivity index (χ3n) is 5.62. The Bertz CT molecular complexity index is 1190. The molecule has 2 aromatic carbocycles. The molecular weight excluding hydrogens is 439 g/mol. The van der Waals surface area contributed by atoms with Gasteiger partial charge in [0.15, 0.2) is 0 Å². The lowest BCUT2D eigenvalue weighted by Gasteiger charge is -2.31. The summed E-state index contributed by atoms with van der Waals surface area (Å²) in [5.41, 5.74) is 0.650. The number of benzene rings is 2. The van der Waals surface area contributed by atoms with E-state index in [1.807, 2.05) is 13.8 Å². The first-order valence-electron chi connectivity index (χ1n) is 11.0. The number of rotatable bonds is 6. The average molecular weight is 467 g/mol. The van der Waals surface area contributed by atoms with Gasteiger partial charge in [-0.3, -0.25) is 15.0 Å². The number of amides is 2. The van der Waals surface area contributed by atoms with Crippen LogP contribution >= 0.6 is 0 Å². The van der Waals surface area contributed by atoms with Crippen LogP contribution in [-0.4, -0.2) is 48.3 Å². The Morgan fingerprint density at radius 1 is 1.21 bits per heavy atom. The second-order valence-corrected chi connectivity index (χ2v) is 8.87. The third kappa shape index (κ3) is 4.88. The van der Waals surface area contributed by atoms with E-state index in [2.05, 4.69) is 10.6 Å². The number of hydrogen-bond donors (Lipinski definition) is 3. The van der Waals surface area contributed by atoms with Crippen LogP contribution in [0, 0.1) is 11.2 Å². The molecule has 0 spiro atoms. The summed E-state index contributed by atoms with van der Waals surface area (Å²) in [5, 5.41) is 13.1. The van der Waals surface area contributed by atoms with Crippen molar-refractivity contribution in [2.24, 2.45) is 0 Å². The molecule has 2 aliphatic rings. The Morgan fingerprint density at radius 3 is 2.65 bits per heavy atom. The van der Waals surface area contributed by atoms with Gasteiger partial charge in [-0.1, -0.05) is 0 Å². The second-order valence-electron chi connectivity index (χ2n) is 8.87. The number of halogens is 1. The van der Waals surface area contributed by atoms with Gasteiger partial charge >= 0.3 is 0 Å². The molecule has 2 aromatic rings. The van der Waals surface area contributed by atoms with E-state index in [4.69, 9.17) is 14.9 Å². The highest BCUT2D eigenvalue weighted by Crippen LogP contribution is 2.43.